The van der Waals surface area contributed by atoms with Gasteiger partial charge in [-0.05, 0) is 19.7 Å². The first-order chi connectivity index (χ1) is 6.88. The molecule has 0 aromatic heterocycles. The molecule has 0 bridgehead atoms. The van der Waals surface area contributed by atoms with E-state index in [0.717, 1.165) is 0 Å². The van der Waals surface area contributed by atoms with Crippen LogP contribution in [0.3, 0.4) is 0 Å². The zero-order valence-corrected chi connectivity index (χ0v) is 10.4. The SMILES string of the molecule is [SiH2]=[Si](c1ccccc1)c1ccccc1. The molecule has 2 aromatic rings. The summed E-state index contributed by atoms with van der Waals surface area (Å²) in [5.74, 6) is 0. The molecule has 0 nitrogen and oxygen atoms in total. The Kier molecular flexibility index (Phi) is 2.96. The van der Waals surface area contributed by atoms with Crippen LogP contribution in [0.2, 0.25) is 0 Å². The van der Waals surface area contributed by atoms with Gasteiger partial charge in [0.2, 0.25) is 0 Å². The maximum atomic E-state index is 2.23. The Hall–Kier alpha value is -1.13. The standard InChI is InChI=1S/C12H12Si2/c13-14(11-7-3-1-4-8-11)12-9-5-2-6-10-12/h1-10H,13H2. The van der Waals surface area contributed by atoms with Crippen LogP contribution in [-0.4, -0.2) is 17.2 Å². The monoisotopic (exact) mass is 212 g/mol. The van der Waals surface area contributed by atoms with Crippen molar-refractivity contribution in [1.29, 1.82) is 0 Å². The normalized spacial score (nSPS) is 9.71. The van der Waals surface area contributed by atoms with Gasteiger partial charge in [-0.2, -0.15) is 0 Å². The Bertz CT molecular complexity index is 379. The van der Waals surface area contributed by atoms with E-state index in [4.69, 9.17) is 0 Å². The van der Waals surface area contributed by atoms with Crippen molar-refractivity contribution in [3.8, 4) is 0 Å². The fourth-order valence-corrected chi connectivity index (χ4v) is 4.38. The van der Waals surface area contributed by atoms with Crippen molar-refractivity contribution in [2.24, 2.45) is 0 Å². The van der Waals surface area contributed by atoms with Crippen molar-refractivity contribution >= 4 is 27.6 Å². The lowest BCUT2D eigenvalue weighted by Gasteiger charge is -2.04. The molecule has 0 N–H and O–H groups in total. The van der Waals surface area contributed by atoms with Crippen molar-refractivity contribution in [3.63, 3.8) is 0 Å². The fraction of sp³-hybridized carbons (Fsp3) is 0. The fourth-order valence-electron chi connectivity index (χ4n) is 1.45. The minimum Gasteiger partial charge on any atom is -0.0623 e. The lowest BCUT2D eigenvalue weighted by molar-refractivity contribution is 1.74. The molecular formula is C12H12Si2. The molecule has 0 saturated carbocycles. The van der Waals surface area contributed by atoms with Gasteiger partial charge >= 0.3 is 0 Å². The third-order valence-electron chi connectivity index (χ3n) is 2.24. The van der Waals surface area contributed by atoms with Gasteiger partial charge in [0.25, 0.3) is 0 Å². The van der Waals surface area contributed by atoms with Gasteiger partial charge in [0, 0.05) is 0 Å². The zero-order chi connectivity index (χ0) is 9.80. The van der Waals surface area contributed by atoms with Gasteiger partial charge in [-0.1, -0.05) is 60.7 Å². The third kappa shape index (κ3) is 2.03. The summed E-state index contributed by atoms with van der Waals surface area (Å²) in [6.07, 6.45) is 0. The Balaban J connectivity index is 2.35. The number of rotatable bonds is 2. The van der Waals surface area contributed by atoms with Gasteiger partial charge in [0.1, 0.15) is 0 Å². The summed E-state index contributed by atoms with van der Waals surface area (Å²) < 4.78 is 0. The summed E-state index contributed by atoms with van der Waals surface area (Å²) in [5.41, 5.74) is 0. The average Bonchev–Trinajstić information content (AvgIpc) is 2.30. The largest absolute Gasteiger partial charge is 0.0623 e. The molecule has 2 rings (SSSR count). The van der Waals surface area contributed by atoms with Crippen LogP contribution in [0, 0.1) is 0 Å². The topological polar surface area (TPSA) is 0 Å². The van der Waals surface area contributed by atoms with Crippen molar-refractivity contribution in [2.75, 3.05) is 0 Å². The van der Waals surface area contributed by atoms with E-state index >= 15 is 0 Å². The van der Waals surface area contributed by atoms with Gasteiger partial charge in [-0.15, -0.1) is 0 Å². The highest BCUT2D eigenvalue weighted by atomic mass is 28.9. The molecule has 0 aliphatic heterocycles. The van der Waals surface area contributed by atoms with Crippen molar-refractivity contribution in [1.82, 2.24) is 0 Å². The van der Waals surface area contributed by atoms with Gasteiger partial charge in [0.05, 0.1) is 7.89 Å². The summed E-state index contributed by atoms with van der Waals surface area (Å²) in [6, 6.07) is 21.6. The number of hydrogen-bond acceptors (Lipinski definition) is 0. The molecule has 0 aliphatic rings. The minimum atomic E-state index is -0.517. The first-order valence-electron chi connectivity index (χ1n) is 4.67. The van der Waals surface area contributed by atoms with E-state index in [1.54, 1.807) is 0 Å². The third-order valence-corrected chi connectivity index (χ3v) is 6.75. The molecule has 2 heteroatoms. The van der Waals surface area contributed by atoms with Gasteiger partial charge < -0.3 is 0 Å². The summed E-state index contributed by atoms with van der Waals surface area (Å²) in [6.45, 7) is 0. The lowest BCUT2D eigenvalue weighted by atomic mass is 10.4. The molecule has 0 spiro atoms. The highest BCUT2D eigenvalue weighted by Crippen LogP contribution is 1.86. The molecule has 0 heterocycles. The van der Waals surface area contributed by atoms with Crippen molar-refractivity contribution in [3.05, 3.63) is 60.7 Å². The smallest absolute Gasteiger partial charge is 0.0509 e. The molecule has 68 valence electrons. The quantitative estimate of drug-likeness (QED) is 0.633. The number of hydrogen-bond donors (Lipinski definition) is 0. The second kappa shape index (κ2) is 4.39. The molecule has 0 unspecified atom stereocenters. The van der Waals surface area contributed by atoms with Crippen molar-refractivity contribution < 1.29 is 0 Å². The van der Waals surface area contributed by atoms with E-state index in [0.29, 0.717) is 0 Å². The van der Waals surface area contributed by atoms with Crippen LogP contribution >= 0.6 is 0 Å². The zero-order valence-electron chi connectivity index (χ0n) is 7.98. The van der Waals surface area contributed by atoms with Crippen LogP contribution in [0.4, 0.5) is 0 Å². The molecule has 0 fully saturated rings. The molecule has 0 aliphatic carbocycles. The van der Waals surface area contributed by atoms with Crippen LogP contribution in [-0.2, 0) is 0 Å². The van der Waals surface area contributed by atoms with Gasteiger partial charge in [-0.25, -0.2) is 0 Å². The van der Waals surface area contributed by atoms with Crippen LogP contribution < -0.4 is 10.4 Å². The van der Waals surface area contributed by atoms with Gasteiger partial charge in [0.15, 0.2) is 0 Å². The Labute approximate surface area is 88.6 Å². The number of benzene rings is 2. The first-order valence-corrected chi connectivity index (χ1v) is 8.50. The summed E-state index contributed by atoms with van der Waals surface area (Å²) in [5, 5.41) is 2.98. The van der Waals surface area contributed by atoms with E-state index in [-0.39, 0.29) is 0 Å². The van der Waals surface area contributed by atoms with Crippen LogP contribution in [0.1, 0.15) is 0 Å². The first kappa shape index (κ1) is 9.43. The van der Waals surface area contributed by atoms with Crippen molar-refractivity contribution in [2.45, 2.75) is 0 Å². The molecule has 0 saturated heterocycles. The minimum absolute atomic E-state index is 0.517. The molecule has 0 atom stereocenters. The van der Waals surface area contributed by atoms with Crippen LogP contribution in [0.25, 0.3) is 0 Å². The van der Waals surface area contributed by atoms with Crippen LogP contribution in [0.15, 0.2) is 60.7 Å². The average molecular weight is 212 g/mol. The Morgan fingerprint density at radius 3 is 1.36 bits per heavy atom. The van der Waals surface area contributed by atoms with Gasteiger partial charge in [-0.3, -0.25) is 0 Å². The lowest BCUT2D eigenvalue weighted by Crippen LogP contribution is -2.34. The maximum Gasteiger partial charge on any atom is 0.0509 e. The van der Waals surface area contributed by atoms with E-state index in [2.05, 4.69) is 70.0 Å². The maximum absolute atomic E-state index is 2.23. The second-order valence-electron chi connectivity index (χ2n) is 3.21. The second-order valence-corrected chi connectivity index (χ2v) is 7.44. The highest BCUT2D eigenvalue weighted by Gasteiger charge is 2.00. The Morgan fingerprint density at radius 1 is 0.643 bits per heavy atom. The van der Waals surface area contributed by atoms with Crippen LogP contribution in [0.5, 0.6) is 0 Å². The summed E-state index contributed by atoms with van der Waals surface area (Å²) >= 11 is 0. The summed E-state index contributed by atoms with van der Waals surface area (Å²) in [7, 11) is 1.61. The predicted molar refractivity (Wildman–Crippen MR) is 66.5 cm³/mol. The van der Waals surface area contributed by atoms with E-state index in [1.807, 2.05) is 0 Å². The molecule has 14 heavy (non-hydrogen) atoms. The molecule has 0 radical (unpaired) electrons. The molecule has 0 amide bonds. The summed E-state index contributed by atoms with van der Waals surface area (Å²) in [4.78, 5) is 0. The Morgan fingerprint density at radius 2 is 1.00 bits per heavy atom. The molecule has 2 aromatic carbocycles. The van der Waals surface area contributed by atoms with E-state index < -0.39 is 7.89 Å². The van der Waals surface area contributed by atoms with E-state index in [9.17, 15) is 0 Å². The highest BCUT2D eigenvalue weighted by molar-refractivity contribution is 6.96. The molecular weight excluding hydrogens is 200 g/mol. The van der Waals surface area contributed by atoms with E-state index in [1.165, 1.54) is 10.4 Å². The predicted octanol–water partition coefficient (Wildman–Crippen LogP) is 0.425.